The van der Waals surface area contributed by atoms with Crippen LogP contribution < -0.4 is 10.6 Å². The standard InChI is InChI=1S/C29H31FN6O/c1-4-29(2,21-10-6-9-20-26(28(37)31-3)22(30)15-33-27(20)21)16-34-25-14-24(35-17-36-25)19-11-12-32-23(13-19)18-7-5-8-18/h6,9-15,17-18H,4-5,7-8,16H2,1-3H3,(H,31,37)(H,34,35,36)/t29-/m1/s1. The number of rotatable bonds is 8. The summed E-state index contributed by atoms with van der Waals surface area (Å²) in [5, 5.41) is 6.51. The van der Waals surface area contributed by atoms with Gasteiger partial charge in [-0.05, 0) is 37.0 Å². The van der Waals surface area contributed by atoms with E-state index in [1.165, 1.54) is 26.3 Å². The van der Waals surface area contributed by atoms with Crippen molar-refractivity contribution in [3.8, 4) is 11.3 Å². The molecule has 5 rings (SSSR count). The van der Waals surface area contributed by atoms with Crippen molar-refractivity contribution < 1.29 is 9.18 Å². The number of hydrogen-bond donors (Lipinski definition) is 2. The van der Waals surface area contributed by atoms with E-state index in [-0.39, 0.29) is 11.0 Å². The molecular weight excluding hydrogens is 467 g/mol. The zero-order chi connectivity index (χ0) is 26.0. The van der Waals surface area contributed by atoms with Crippen molar-refractivity contribution in [2.45, 2.75) is 50.9 Å². The van der Waals surface area contributed by atoms with Gasteiger partial charge < -0.3 is 10.6 Å². The van der Waals surface area contributed by atoms with Crippen molar-refractivity contribution in [1.29, 1.82) is 0 Å². The highest BCUT2D eigenvalue weighted by Gasteiger charge is 2.29. The monoisotopic (exact) mass is 498 g/mol. The molecule has 7 nitrogen and oxygen atoms in total. The van der Waals surface area contributed by atoms with Crippen molar-refractivity contribution in [2.75, 3.05) is 18.9 Å². The van der Waals surface area contributed by atoms with Crippen LogP contribution in [0.4, 0.5) is 10.2 Å². The summed E-state index contributed by atoms with van der Waals surface area (Å²) >= 11 is 0. The number of amides is 1. The molecule has 1 aliphatic carbocycles. The molecule has 0 aliphatic heterocycles. The van der Waals surface area contributed by atoms with E-state index in [1.807, 2.05) is 30.5 Å². The molecule has 1 aliphatic rings. The Morgan fingerprint density at radius 3 is 2.70 bits per heavy atom. The predicted molar refractivity (Wildman–Crippen MR) is 143 cm³/mol. The second-order valence-electron chi connectivity index (χ2n) is 9.92. The van der Waals surface area contributed by atoms with E-state index in [0.717, 1.165) is 41.0 Å². The van der Waals surface area contributed by atoms with Gasteiger partial charge in [-0.15, -0.1) is 0 Å². The molecule has 1 saturated carbocycles. The van der Waals surface area contributed by atoms with Crippen LogP contribution in [0.15, 0.2) is 55.1 Å². The summed E-state index contributed by atoms with van der Waals surface area (Å²) in [6, 6.07) is 11.7. The molecule has 37 heavy (non-hydrogen) atoms. The molecule has 4 aromatic rings. The zero-order valence-electron chi connectivity index (χ0n) is 21.4. The van der Waals surface area contributed by atoms with E-state index in [1.54, 1.807) is 12.4 Å². The van der Waals surface area contributed by atoms with Gasteiger partial charge in [0.15, 0.2) is 5.82 Å². The Labute approximate surface area is 216 Å². The average Bonchev–Trinajstić information content (AvgIpc) is 2.90. The number of halogens is 1. The van der Waals surface area contributed by atoms with E-state index in [0.29, 0.717) is 23.4 Å². The lowest BCUT2D eigenvalue weighted by molar-refractivity contribution is 0.0960. The first kappa shape index (κ1) is 24.7. The van der Waals surface area contributed by atoms with Gasteiger partial charge in [-0.1, -0.05) is 38.5 Å². The third-order valence-electron chi connectivity index (χ3n) is 7.66. The molecule has 0 saturated heterocycles. The SMILES string of the molecule is CC[C@](C)(CNc1cc(-c2ccnc(C3CCC3)c2)ncn1)c1cccc2c(C(=O)NC)c(F)cnc12. The molecule has 0 bridgehead atoms. The minimum Gasteiger partial charge on any atom is -0.369 e. The quantitative estimate of drug-likeness (QED) is 0.327. The van der Waals surface area contributed by atoms with E-state index in [4.69, 9.17) is 0 Å². The van der Waals surface area contributed by atoms with Crippen LogP contribution in [-0.2, 0) is 5.41 Å². The van der Waals surface area contributed by atoms with Crippen LogP contribution in [0, 0.1) is 5.82 Å². The Hall–Kier alpha value is -3.94. The molecule has 190 valence electrons. The van der Waals surface area contributed by atoms with Gasteiger partial charge in [-0.25, -0.2) is 14.4 Å². The molecule has 3 aromatic heterocycles. The number of carbonyl (C=O) groups excluding carboxylic acids is 1. The summed E-state index contributed by atoms with van der Waals surface area (Å²) < 4.78 is 14.6. The fraction of sp³-hybridized carbons (Fsp3) is 0.345. The van der Waals surface area contributed by atoms with Crippen LogP contribution in [0.5, 0.6) is 0 Å². The minimum absolute atomic E-state index is 0.0137. The van der Waals surface area contributed by atoms with Gasteiger partial charge in [0.2, 0.25) is 0 Å². The first-order valence-electron chi connectivity index (χ1n) is 12.8. The molecule has 1 fully saturated rings. The fourth-order valence-electron chi connectivity index (χ4n) is 4.88. The van der Waals surface area contributed by atoms with Gasteiger partial charge in [0.05, 0.1) is 23.0 Å². The summed E-state index contributed by atoms with van der Waals surface area (Å²) in [4.78, 5) is 30.3. The first-order chi connectivity index (χ1) is 17.9. The van der Waals surface area contributed by atoms with Gasteiger partial charge >= 0.3 is 0 Å². The first-order valence-corrected chi connectivity index (χ1v) is 12.8. The lowest BCUT2D eigenvalue weighted by Gasteiger charge is -2.30. The topological polar surface area (TPSA) is 92.7 Å². The fourth-order valence-corrected chi connectivity index (χ4v) is 4.88. The number of carbonyl (C=O) groups is 1. The Morgan fingerprint density at radius 2 is 1.97 bits per heavy atom. The maximum Gasteiger partial charge on any atom is 0.254 e. The van der Waals surface area contributed by atoms with Crippen LogP contribution in [0.3, 0.4) is 0 Å². The second-order valence-corrected chi connectivity index (χ2v) is 9.92. The molecule has 1 atom stereocenters. The van der Waals surface area contributed by atoms with Crippen molar-refractivity contribution in [1.82, 2.24) is 25.3 Å². The second kappa shape index (κ2) is 10.2. The highest BCUT2D eigenvalue weighted by atomic mass is 19.1. The largest absolute Gasteiger partial charge is 0.369 e. The molecular formula is C29H31FN6O. The summed E-state index contributed by atoms with van der Waals surface area (Å²) in [5.41, 5.74) is 4.23. The highest BCUT2D eigenvalue weighted by molar-refractivity contribution is 6.06. The number of fused-ring (bicyclic) bond motifs is 1. The van der Waals surface area contributed by atoms with Crippen molar-refractivity contribution in [3.05, 3.63) is 77.8 Å². The van der Waals surface area contributed by atoms with Crippen molar-refractivity contribution >= 4 is 22.6 Å². The minimum atomic E-state index is -0.634. The maximum absolute atomic E-state index is 14.6. The number of nitrogens with zero attached hydrogens (tertiary/aromatic N) is 4. The van der Waals surface area contributed by atoms with E-state index >= 15 is 0 Å². The summed E-state index contributed by atoms with van der Waals surface area (Å²) in [5.74, 6) is 0.169. The lowest BCUT2D eigenvalue weighted by Crippen LogP contribution is -2.31. The third-order valence-corrected chi connectivity index (χ3v) is 7.66. The van der Waals surface area contributed by atoms with Gasteiger partial charge in [0.25, 0.3) is 5.91 Å². The van der Waals surface area contributed by atoms with Crippen molar-refractivity contribution in [3.63, 3.8) is 0 Å². The zero-order valence-corrected chi connectivity index (χ0v) is 21.4. The van der Waals surface area contributed by atoms with Crippen LogP contribution in [0.25, 0.3) is 22.2 Å². The number of hydrogen-bond acceptors (Lipinski definition) is 6. The molecule has 1 aromatic carbocycles. The van der Waals surface area contributed by atoms with Crippen LogP contribution in [0.1, 0.15) is 67.1 Å². The van der Waals surface area contributed by atoms with E-state index < -0.39 is 11.7 Å². The molecule has 0 radical (unpaired) electrons. The van der Waals surface area contributed by atoms with Gasteiger partial charge in [0.1, 0.15) is 12.1 Å². The Morgan fingerprint density at radius 1 is 1.14 bits per heavy atom. The van der Waals surface area contributed by atoms with Crippen LogP contribution in [-0.4, -0.2) is 39.4 Å². The summed E-state index contributed by atoms with van der Waals surface area (Å²) in [6.45, 7) is 4.81. The normalized spacial score (nSPS) is 15.1. The number of para-hydroxylation sites is 1. The number of nitrogens with one attached hydrogen (secondary N) is 2. The van der Waals surface area contributed by atoms with E-state index in [9.17, 15) is 9.18 Å². The third kappa shape index (κ3) is 4.75. The molecule has 2 N–H and O–H groups in total. The van der Waals surface area contributed by atoms with Crippen molar-refractivity contribution in [2.24, 2.45) is 0 Å². The predicted octanol–water partition coefficient (Wildman–Crippen LogP) is 5.63. The number of benzene rings is 1. The smallest absolute Gasteiger partial charge is 0.254 e. The lowest BCUT2D eigenvalue weighted by atomic mass is 9.78. The number of anilines is 1. The molecule has 3 heterocycles. The van der Waals surface area contributed by atoms with E-state index in [2.05, 4.69) is 50.5 Å². The number of pyridine rings is 2. The average molecular weight is 499 g/mol. The highest BCUT2D eigenvalue weighted by Crippen LogP contribution is 2.37. The number of aromatic nitrogens is 4. The van der Waals surface area contributed by atoms with Gasteiger partial charge in [-0.3, -0.25) is 14.8 Å². The molecule has 1 amide bonds. The Kier molecular flexibility index (Phi) is 6.82. The van der Waals surface area contributed by atoms with Crippen LogP contribution >= 0.6 is 0 Å². The van der Waals surface area contributed by atoms with Gasteiger partial charge in [0, 0.05) is 53.8 Å². The Bertz CT molecular complexity index is 1450. The van der Waals surface area contributed by atoms with Crippen LogP contribution in [0.2, 0.25) is 0 Å². The Balaban J connectivity index is 1.43. The van der Waals surface area contributed by atoms with Gasteiger partial charge in [-0.2, -0.15) is 0 Å². The summed E-state index contributed by atoms with van der Waals surface area (Å²) in [7, 11) is 1.49. The molecule has 0 unspecified atom stereocenters. The molecule has 8 heteroatoms. The summed E-state index contributed by atoms with van der Waals surface area (Å²) in [6.07, 6.45) is 9.01. The maximum atomic E-state index is 14.6. The molecule has 0 spiro atoms.